The van der Waals surface area contributed by atoms with Gasteiger partial charge in [0.2, 0.25) is 0 Å². The van der Waals surface area contributed by atoms with E-state index >= 15 is 0 Å². The van der Waals surface area contributed by atoms with E-state index in [2.05, 4.69) is 29.1 Å². The Morgan fingerprint density at radius 3 is 2.94 bits per heavy atom. The SMILES string of the molecule is CC(C)CNCc1cc(-n2ccnc2)ncc1Cl. The summed E-state index contributed by atoms with van der Waals surface area (Å²) in [5.74, 6) is 1.46. The number of halogens is 1. The van der Waals surface area contributed by atoms with E-state index in [1.54, 1.807) is 18.7 Å². The van der Waals surface area contributed by atoms with Gasteiger partial charge in [0.05, 0.1) is 5.02 Å². The van der Waals surface area contributed by atoms with Crippen molar-refractivity contribution in [2.75, 3.05) is 6.54 Å². The van der Waals surface area contributed by atoms with Crippen LogP contribution < -0.4 is 5.32 Å². The summed E-state index contributed by atoms with van der Waals surface area (Å²) in [6, 6.07) is 1.98. The van der Waals surface area contributed by atoms with Gasteiger partial charge in [0.1, 0.15) is 12.1 Å². The van der Waals surface area contributed by atoms with E-state index in [-0.39, 0.29) is 0 Å². The first-order valence-electron chi connectivity index (χ1n) is 6.00. The molecule has 5 heteroatoms. The van der Waals surface area contributed by atoms with Crippen molar-refractivity contribution in [3.63, 3.8) is 0 Å². The van der Waals surface area contributed by atoms with Crippen molar-refractivity contribution in [1.29, 1.82) is 0 Å². The van der Waals surface area contributed by atoms with E-state index in [4.69, 9.17) is 11.6 Å². The van der Waals surface area contributed by atoms with Crippen molar-refractivity contribution in [3.8, 4) is 5.82 Å². The van der Waals surface area contributed by atoms with Gasteiger partial charge in [0.25, 0.3) is 0 Å². The number of imidazole rings is 1. The molecule has 0 radical (unpaired) electrons. The standard InChI is InChI=1S/C13H17ClN4/c1-10(2)6-16-7-11-5-13(17-8-12(11)14)18-4-3-15-9-18/h3-5,8-10,16H,6-7H2,1-2H3. The van der Waals surface area contributed by atoms with Crippen LogP contribution in [0.3, 0.4) is 0 Å². The third kappa shape index (κ3) is 3.31. The molecule has 2 heterocycles. The van der Waals surface area contributed by atoms with E-state index in [9.17, 15) is 0 Å². The Morgan fingerprint density at radius 1 is 1.44 bits per heavy atom. The number of nitrogens with zero attached hydrogens (tertiary/aromatic N) is 3. The zero-order valence-electron chi connectivity index (χ0n) is 10.6. The van der Waals surface area contributed by atoms with Gasteiger partial charge in [-0.3, -0.25) is 4.57 Å². The molecule has 4 nitrogen and oxygen atoms in total. The summed E-state index contributed by atoms with van der Waals surface area (Å²) in [6.07, 6.45) is 7.00. The molecule has 0 aromatic carbocycles. The van der Waals surface area contributed by atoms with E-state index in [1.807, 2.05) is 16.8 Å². The zero-order chi connectivity index (χ0) is 13.0. The first-order chi connectivity index (χ1) is 8.66. The minimum absolute atomic E-state index is 0.624. The van der Waals surface area contributed by atoms with Gasteiger partial charge in [0.15, 0.2) is 0 Å². The second-order valence-electron chi connectivity index (χ2n) is 4.63. The van der Waals surface area contributed by atoms with Crippen molar-refractivity contribution >= 4 is 11.6 Å². The Morgan fingerprint density at radius 2 is 2.28 bits per heavy atom. The second-order valence-corrected chi connectivity index (χ2v) is 5.04. The maximum Gasteiger partial charge on any atom is 0.138 e. The van der Waals surface area contributed by atoms with Crippen molar-refractivity contribution < 1.29 is 0 Å². The summed E-state index contributed by atoms with van der Waals surface area (Å²) >= 11 is 6.15. The predicted molar refractivity (Wildman–Crippen MR) is 72.9 cm³/mol. The molecule has 0 unspecified atom stereocenters. The van der Waals surface area contributed by atoms with Gasteiger partial charge < -0.3 is 5.32 Å². The number of hydrogen-bond acceptors (Lipinski definition) is 3. The summed E-state index contributed by atoms with van der Waals surface area (Å²) in [7, 11) is 0. The molecule has 2 aromatic heterocycles. The molecule has 0 fully saturated rings. The van der Waals surface area contributed by atoms with Crippen LogP contribution in [-0.2, 0) is 6.54 Å². The highest BCUT2D eigenvalue weighted by molar-refractivity contribution is 6.31. The van der Waals surface area contributed by atoms with E-state index < -0.39 is 0 Å². The van der Waals surface area contributed by atoms with Crippen LogP contribution in [0.2, 0.25) is 5.02 Å². The summed E-state index contributed by atoms with van der Waals surface area (Å²) in [6.45, 7) is 6.08. The van der Waals surface area contributed by atoms with Crippen LogP contribution in [0.1, 0.15) is 19.4 Å². The van der Waals surface area contributed by atoms with Crippen molar-refractivity contribution in [3.05, 3.63) is 41.6 Å². The quantitative estimate of drug-likeness (QED) is 0.903. The molecule has 96 valence electrons. The molecule has 2 aromatic rings. The maximum atomic E-state index is 6.15. The minimum Gasteiger partial charge on any atom is -0.312 e. The molecule has 0 aliphatic rings. The highest BCUT2D eigenvalue weighted by Gasteiger charge is 2.05. The number of aromatic nitrogens is 3. The molecule has 2 rings (SSSR count). The average molecular weight is 265 g/mol. The highest BCUT2D eigenvalue weighted by atomic mass is 35.5. The van der Waals surface area contributed by atoms with Crippen molar-refractivity contribution in [2.45, 2.75) is 20.4 Å². The van der Waals surface area contributed by atoms with E-state index in [0.29, 0.717) is 10.9 Å². The zero-order valence-corrected chi connectivity index (χ0v) is 11.4. The lowest BCUT2D eigenvalue weighted by Crippen LogP contribution is -2.19. The Bertz CT molecular complexity index is 494. The molecular formula is C13H17ClN4. The molecule has 0 aliphatic heterocycles. The first-order valence-corrected chi connectivity index (χ1v) is 6.38. The molecule has 0 aliphatic carbocycles. The van der Waals surface area contributed by atoms with Gasteiger partial charge in [-0.25, -0.2) is 9.97 Å². The molecule has 18 heavy (non-hydrogen) atoms. The van der Waals surface area contributed by atoms with Crippen LogP contribution >= 0.6 is 11.6 Å². The second kappa shape index (κ2) is 5.98. The fourth-order valence-electron chi connectivity index (χ4n) is 1.63. The number of pyridine rings is 1. The fraction of sp³-hybridized carbons (Fsp3) is 0.385. The van der Waals surface area contributed by atoms with Gasteiger partial charge in [-0.15, -0.1) is 0 Å². The minimum atomic E-state index is 0.624. The monoisotopic (exact) mass is 264 g/mol. The van der Waals surface area contributed by atoms with Crippen LogP contribution in [0.4, 0.5) is 0 Å². The molecule has 0 amide bonds. The third-order valence-electron chi connectivity index (χ3n) is 2.56. The first kappa shape index (κ1) is 13.1. The van der Waals surface area contributed by atoms with E-state index in [0.717, 1.165) is 24.5 Å². The Kier molecular flexibility index (Phi) is 4.33. The van der Waals surface area contributed by atoms with Gasteiger partial charge in [-0.05, 0) is 24.1 Å². The Labute approximate surface area is 112 Å². The van der Waals surface area contributed by atoms with Gasteiger partial charge in [0, 0.05) is 25.1 Å². The van der Waals surface area contributed by atoms with Gasteiger partial charge in [-0.1, -0.05) is 25.4 Å². The van der Waals surface area contributed by atoms with E-state index in [1.165, 1.54) is 0 Å². The summed E-state index contributed by atoms with van der Waals surface area (Å²) in [4.78, 5) is 8.30. The smallest absolute Gasteiger partial charge is 0.138 e. The predicted octanol–water partition coefficient (Wildman–Crippen LogP) is 2.67. The lowest BCUT2D eigenvalue weighted by molar-refractivity contribution is 0.552. The van der Waals surface area contributed by atoms with Crippen LogP contribution in [0.25, 0.3) is 5.82 Å². The molecule has 0 spiro atoms. The largest absolute Gasteiger partial charge is 0.312 e. The van der Waals surface area contributed by atoms with Crippen LogP contribution in [0.5, 0.6) is 0 Å². The van der Waals surface area contributed by atoms with Gasteiger partial charge >= 0.3 is 0 Å². The topological polar surface area (TPSA) is 42.7 Å². The number of rotatable bonds is 5. The summed E-state index contributed by atoms with van der Waals surface area (Å²) < 4.78 is 1.86. The molecular weight excluding hydrogens is 248 g/mol. The third-order valence-corrected chi connectivity index (χ3v) is 2.90. The lowest BCUT2D eigenvalue weighted by Gasteiger charge is -2.10. The van der Waals surface area contributed by atoms with Crippen molar-refractivity contribution in [1.82, 2.24) is 19.9 Å². The Balaban J connectivity index is 2.12. The molecule has 0 bridgehead atoms. The van der Waals surface area contributed by atoms with Crippen LogP contribution in [-0.4, -0.2) is 21.1 Å². The van der Waals surface area contributed by atoms with Crippen LogP contribution in [0, 0.1) is 5.92 Å². The summed E-state index contributed by atoms with van der Waals surface area (Å²) in [5.41, 5.74) is 1.05. The normalized spacial score (nSPS) is 11.1. The molecule has 1 N–H and O–H groups in total. The molecule has 0 saturated carbocycles. The summed E-state index contributed by atoms with van der Waals surface area (Å²) in [5, 5.41) is 4.07. The number of nitrogens with one attached hydrogen (secondary N) is 1. The maximum absolute atomic E-state index is 6.15. The molecule has 0 saturated heterocycles. The molecule has 0 atom stereocenters. The number of hydrogen-bond donors (Lipinski definition) is 1. The lowest BCUT2D eigenvalue weighted by atomic mass is 10.2. The Hall–Kier alpha value is -1.39. The van der Waals surface area contributed by atoms with Crippen molar-refractivity contribution in [2.24, 2.45) is 5.92 Å². The highest BCUT2D eigenvalue weighted by Crippen LogP contribution is 2.17. The van der Waals surface area contributed by atoms with Gasteiger partial charge in [-0.2, -0.15) is 0 Å². The average Bonchev–Trinajstić information content (AvgIpc) is 2.84. The fourth-order valence-corrected chi connectivity index (χ4v) is 1.80. The van der Waals surface area contributed by atoms with Crippen LogP contribution in [0.15, 0.2) is 31.0 Å².